The van der Waals surface area contributed by atoms with Gasteiger partial charge in [0.05, 0.1) is 46.7 Å². The first-order chi connectivity index (χ1) is 4.77. The van der Waals surface area contributed by atoms with Crippen molar-refractivity contribution in [1.82, 2.24) is 0 Å². The topological polar surface area (TPSA) is 63.9 Å². The number of carboxylic acid groups (broad SMARTS) is 1. The highest BCUT2D eigenvalue weighted by Gasteiger charge is 1.88. The normalized spacial score (nSPS) is 9.00. The summed E-state index contributed by atoms with van der Waals surface area (Å²) in [7, 11) is 8.50. The highest BCUT2D eigenvalue weighted by molar-refractivity contribution is 5.66. The van der Waals surface area contributed by atoms with Crippen molar-refractivity contribution in [2.24, 2.45) is 0 Å². The van der Waals surface area contributed by atoms with E-state index in [0.29, 0.717) is 0 Å². The van der Waals surface area contributed by atoms with Crippen molar-refractivity contribution in [3.8, 4) is 6.07 Å². The van der Waals surface area contributed by atoms with Crippen molar-refractivity contribution >= 4 is 5.97 Å². The first-order valence-corrected chi connectivity index (χ1v) is 3.13. The molecule has 0 aliphatic rings. The molecule has 0 radical (unpaired) electrons. The average Bonchev–Trinajstić information content (AvgIpc) is 1.58. The summed E-state index contributed by atoms with van der Waals surface area (Å²) in [4.78, 5) is 9.27. The van der Waals surface area contributed by atoms with Gasteiger partial charge in [0.25, 0.3) is 0 Å². The fourth-order valence-corrected chi connectivity index (χ4v) is 0.0645. The number of quaternary nitrogens is 1. The van der Waals surface area contributed by atoms with Gasteiger partial charge in [0.15, 0.2) is 0 Å². The van der Waals surface area contributed by atoms with E-state index in [9.17, 15) is 9.90 Å². The lowest BCUT2D eigenvalue weighted by Crippen LogP contribution is -2.27. The Labute approximate surface area is 67.3 Å². The van der Waals surface area contributed by atoms with Crippen LogP contribution in [0.3, 0.4) is 0 Å². The van der Waals surface area contributed by atoms with Crippen molar-refractivity contribution in [3.63, 3.8) is 0 Å². The van der Waals surface area contributed by atoms with Crippen LogP contribution in [0.1, 0.15) is 6.42 Å². The molecule has 0 fully saturated rings. The van der Waals surface area contributed by atoms with E-state index >= 15 is 0 Å². The summed E-state index contributed by atoms with van der Waals surface area (Å²) in [6.07, 6.45) is -0.514. The van der Waals surface area contributed by atoms with E-state index in [1.807, 2.05) is 0 Å². The van der Waals surface area contributed by atoms with Crippen LogP contribution in [0.4, 0.5) is 0 Å². The summed E-state index contributed by atoms with van der Waals surface area (Å²) in [6, 6.07) is 1.41. The van der Waals surface area contributed by atoms with Gasteiger partial charge in [-0.1, -0.05) is 0 Å². The molecule has 0 spiro atoms. The van der Waals surface area contributed by atoms with Crippen molar-refractivity contribution < 1.29 is 14.4 Å². The number of nitrogens with zero attached hydrogens (tertiary/aromatic N) is 2. The van der Waals surface area contributed by atoms with Crippen LogP contribution in [-0.4, -0.2) is 38.6 Å². The molecule has 0 atom stereocenters. The summed E-state index contributed by atoms with van der Waals surface area (Å²) < 4.78 is 1.00. The number of rotatable bonds is 1. The maximum atomic E-state index is 9.27. The number of carbonyl (C=O) groups is 1. The first-order valence-electron chi connectivity index (χ1n) is 3.13. The number of carboxylic acids is 1. The predicted octanol–water partition coefficient (Wildman–Crippen LogP) is -1.03. The van der Waals surface area contributed by atoms with Gasteiger partial charge in [-0.05, 0) is 0 Å². The molecule has 0 aliphatic heterocycles. The highest BCUT2D eigenvalue weighted by Crippen LogP contribution is 1.73. The Kier molecular flexibility index (Phi) is 6.50. The van der Waals surface area contributed by atoms with Gasteiger partial charge in [0.2, 0.25) is 0 Å². The Morgan fingerprint density at radius 2 is 1.73 bits per heavy atom. The van der Waals surface area contributed by atoms with Gasteiger partial charge in [-0.15, -0.1) is 0 Å². The molecule has 0 rings (SSSR count). The molecule has 0 bridgehead atoms. The quantitative estimate of drug-likeness (QED) is 0.458. The molecule has 0 aromatic rings. The number of carbonyl (C=O) groups excluding carboxylic acids is 1. The van der Waals surface area contributed by atoms with Crippen molar-refractivity contribution in [3.05, 3.63) is 0 Å². The summed E-state index contributed by atoms with van der Waals surface area (Å²) in [5.74, 6) is -1.32. The molecule has 0 aromatic carbocycles. The van der Waals surface area contributed by atoms with Gasteiger partial charge in [-0.2, -0.15) is 5.26 Å². The van der Waals surface area contributed by atoms with Crippen molar-refractivity contribution in [2.75, 3.05) is 28.2 Å². The van der Waals surface area contributed by atoms with Crippen LogP contribution in [0.25, 0.3) is 0 Å². The lowest BCUT2D eigenvalue weighted by molar-refractivity contribution is -0.849. The number of hydrogen-bond acceptors (Lipinski definition) is 3. The van der Waals surface area contributed by atoms with Crippen LogP contribution in [-0.2, 0) is 4.79 Å². The summed E-state index contributed by atoms with van der Waals surface area (Å²) in [5.41, 5.74) is 0. The van der Waals surface area contributed by atoms with E-state index in [1.54, 1.807) is 0 Å². The third-order valence-electron chi connectivity index (χ3n) is 0.223. The Morgan fingerprint density at radius 3 is 1.73 bits per heavy atom. The SMILES string of the molecule is C[N+](C)(C)C.N#CCC(=O)[O-]. The van der Waals surface area contributed by atoms with E-state index in [1.165, 1.54) is 6.07 Å². The largest absolute Gasteiger partial charge is 0.549 e. The molecule has 0 saturated carbocycles. The van der Waals surface area contributed by atoms with Gasteiger partial charge in [-0.3, -0.25) is 0 Å². The van der Waals surface area contributed by atoms with Crippen LogP contribution >= 0.6 is 0 Å². The van der Waals surface area contributed by atoms with Gasteiger partial charge >= 0.3 is 0 Å². The average molecular weight is 158 g/mol. The second kappa shape index (κ2) is 5.69. The van der Waals surface area contributed by atoms with E-state index in [4.69, 9.17) is 5.26 Å². The maximum absolute atomic E-state index is 9.27. The molecule has 0 amide bonds. The molecular formula is C7H14N2O2. The van der Waals surface area contributed by atoms with Crippen molar-refractivity contribution in [1.29, 1.82) is 5.26 Å². The minimum Gasteiger partial charge on any atom is -0.549 e. The second-order valence-electron chi connectivity index (χ2n) is 3.39. The summed E-state index contributed by atoms with van der Waals surface area (Å²) >= 11 is 0. The van der Waals surface area contributed by atoms with Gasteiger partial charge in [0, 0.05) is 0 Å². The lowest BCUT2D eigenvalue weighted by Gasteiger charge is -2.14. The monoisotopic (exact) mass is 158 g/mol. The zero-order valence-electron chi connectivity index (χ0n) is 7.42. The summed E-state index contributed by atoms with van der Waals surface area (Å²) in [6.45, 7) is 0. The van der Waals surface area contributed by atoms with E-state index in [-0.39, 0.29) is 0 Å². The predicted molar refractivity (Wildman–Crippen MR) is 39.2 cm³/mol. The first kappa shape index (κ1) is 12.6. The Hall–Kier alpha value is -1.08. The molecule has 11 heavy (non-hydrogen) atoms. The van der Waals surface area contributed by atoms with Crippen LogP contribution in [0, 0.1) is 11.3 Å². The number of nitriles is 1. The van der Waals surface area contributed by atoms with Gasteiger partial charge in [0.1, 0.15) is 0 Å². The van der Waals surface area contributed by atoms with E-state index in [0.717, 1.165) is 4.48 Å². The molecule has 4 nitrogen and oxygen atoms in total. The minimum absolute atomic E-state index is 0.514. The molecule has 0 aliphatic carbocycles. The van der Waals surface area contributed by atoms with E-state index < -0.39 is 12.4 Å². The standard InChI is InChI=1S/C4H12N.C3H3NO2/c1-5(2,3)4;4-2-1-3(5)6/h1-4H3;1H2,(H,5,6)/q+1;/p-1. The molecular weight excluding hydrogens is 144 g/mol. The van der Waals surface area contributed by atoms with E-state index in [2.05, 4.69) is 28.2 Å². The second-order valence-corrected chi connectivity index (χ2v) is 3.39. The zero-order valence-corrected chi connectivity index (χ0v) is 7.42. The number of aliphatic carboxylic acids is 1. The van der Waals surface area contributed by atoms with Crippen LogP contribution in [0.15, 0.2) is 0 Å². The van der Waals surface area contributed by atoms with Crippen LogP contribution in [0.2, 0.25) is 0 Å². The molecule has 0 N–H and O–H groups in total. The maximum Gasteiger partial charge on any atom is 0.0747 e. The lowest BCUT2D eigenvalue weighted by atomic mass is 10.5. The Balaban J connectivity index is 0. The smallest absolute Gasteiger partial charge is 0.0747 e. The van der Waals surface area contributed by atoms with Gasteiger partial charge < -0.3 is 14.4 Å². The molecule has 64 valence electrons. The molecule has 4 heteroatoms. The molecule has 0 aromatic heterocycles. The molecule has 0 unspecified atom stereocenters. The number of hydrogen-bond donors (Lipinski definition) is 0. The summed E-state index contributed by atoms with van der Waals surface area (Å²) in [5, 5.41) is 16.8. The fourth-order valence-electron chi connectivity index (χ4n) is 0.0645. The third-order valence-corrected chi connectivity index (χ3v) is 0.223. The minimum atomic E-state index is -1.32. The highest BCUT2D eigenvalue weighted by atomic mass is 16.4. The van der Waals surface area contributed by atoms with Crippen LogP contribution in [0.5, 0.6) is 0 Å². The van der Waals surface area contributed by atoms with Crippen molar-refractivity contribution in [2.45, 2.75) is 6.42 Å². The molecule has 0 heterocycles. The Bertz CT molecular complexity index is 147. The van der Waals surface area contributed by atoms with Crippen LogP contribution < -0.4 is 5.11 Å². The third kappa shape index (κ3) is 116. The Morgan fingerprint density at radius 1 is 1.45 bits per heavy atom. The zero-order chi connectivity index (χ0) is 9.49. The van der Waals surface area contributed by atoms with Gasteiger partial charge in [-0.25, -0.2) is 0 Å². The molecule has 0 saturated heterocycles. The fraction of sp³-hybridized carbons (Fsp3) is 0.714.